The van der Waals surface area contributed by atoms with E-state index in [1.165, 1.54) is 5.56 Å². The first-order chi connectivity index (χ1) is 12.5. The molecule has 0 amide bonds. The highest BCUT2D eigenvalue weighted by Gasteiger charge is 2.67. The van der Waals surface area contributed by atoms with Crippen molar-refractivity contribution in [1.82, 2.24) is 0 Å². The zero-order valence-electron chi connectivity index (χ0n) is 15.9. The van der Waals surface area contributed by atoms with Crippen LogP contribution in [-0.4, -0.2) is 18.7 Å². The molecule has 1 aliphatic heterocycles. The molecule has 26 heavy (non-hydrogen) atoms. The molecule has 2 aliphatic carbocycles. The Bertz CT molecular complexity index is 680. The molecule has 0 bridgehead atoms. The molecule has 1 spiro atoms. The summed E-state index contributed by atoms with van der Waals surface area (Å²) in [6.07, 6.45) is 5.94. The normalized spacial score (nSPS) is 37.7. The van der Waals surface area contributed by atoms with Gasteiger partial charge in [-0.25, -0.2) is 0 Å². The fourth-order valence-corrected chi connectivity index (χ4v) is 6.37. The molecule has 0 aromatic heterocycles. The third kappa shape index (κ3) is 2.81. The summed E-state index contributed by atoms with van der Waals surface area (Å²) >= 11 is 0. The number of carbonyl (C=O) groups is 1. The number of ether oxygens (including phenoxy) is 2. The summed E-state index contributed by atoms with van der Waals surface area (Å²) in [7, 11) is 0. The van der Waals surface area contributed by atoms with Crippen molar-refractivity contribution in [3.63, 3.8) is 0 Å². The Kier molecular flexibility index (Phi) is 4.46. The highest BCUT2D eigenvalue weighted by molar-refractivity contribution is 5.71. The van der Waals surface area contributed by atoms with Crippen LogP contribution in [0.25, 0.3) is 0 Å². The van der Waals surface area contributed by atoms with Gasteiger partial charge in [-0.15, -0.1) is 6.58 Å². The maximum atomic E-state index is 12.2. The number of esters is 1. The quantitative estimate of drug-likeness (QED) is 0.565. The Labute approximate surface area is 156 Å². The van der Waals surface area contributed by atoms with E-state index in [1.54, 1.807) is 0 Å². The van der Waals surface area contributed by atoms with Crippen LogP contribution in [0.4, 0.5) is 0 Å². The van der Waals surface area contributed by atoms with E-state index in [0.29, 0.717) is 37.4 Å². The molecule has 3 heteroatoms. The third-order valence-electron chi connectivity index (χ3n) is 7.31. The number of cyclic esters (lactones) is 1. The monoisotopic (exact) mass is 354 g/mol. The van der Waals surface area contributed by atoms with Gasteiger partial charge in [0.25, 0.3) is 0 Å². The van der Waals surface area contributed by atoms with Gasteiger partial charge in [0, 0.05) is 5.92 Å². The zero-order valence-corrected chi connectivity index (χ0v) is 15.9. The minimum atomic E-state index is -0.0231. The van der Waals surface area contributed by atoms with Crippen molar-refractivity contribution in [2.45, 2.75) is 52.2 Å². The summed E-state index contributed by atoms with van der Waals surface area (Å²) in [6.45, 7) is 9.88. The maximum Gasteiger partial charge on any atom is 0.306 e. The smallest absolute Gasteiger partial charge is 0.306 e. The molecule has 3 nitrogen and oxygen atoms in total. The summed E-state index contributed by atoms with van der Waals surface area (Å²) in [5.74, 6) is 1.39. The molecule has 140 valence electrons. The van der Waals surface area contributed by atoms with E-state index in [1.807, 2.05) is 6.07 Å². The fourth-order valence-electron chi connectivity index (χ4n) is 6.37. The first-order valence-corrected chi connectivity index (χ1v) is 9.88. The van der Waals surface area contributed by atoms with Gasteiger partial charge in [-0.1, -0.05) is 50.3 Å². The van der Waals surface area contributed by atoms with Crippen molar-refractivity contribution in [3.05, 3.63) is 48.6 Å². The van der Waals surface area contributed by atoms with Crippen molar-refractivity contribution >= 4 is 5.97 Å². The molecule has 3 fully saturated rings. The van der Waals surface area contributed by atoms with Crippen LogP contribution in [0, 0.1) is 28.6 Å². The number of benzene rings is 1. The number of hydrogen-bond donors (Lipinski definition) is 0. The lowest BCUT2D eigenvalue weighted by Gasteiger charge is -2.40. The Balaban J connectivity index is 1.59. The molecular weight excluding hydrogens is 324 g/mol. The van der Waals surface area contributed by atoms with Gasteiger partial charge in [0.1, 0.15) is 0 Å². The van der Waals surface area contributed by atoms with Crippen LogP contribution in [0.1, 0.15) is 45.1 Å². The van der Waals surface area contributed by atoms with E-state index in [4.69, 9.17) is 9.47 Å². The molecule has 5 atom stereocenters. The van der Waals surface area contributed by atoms with Crippen molar-refractivity contribution in [2.75, 3.05) is 6.61 Å². The second-order valence-corrected chi connectivity index (χ2v) is 9.17. The number of hydrogen-bond acceptors (Lipinski definition) is 3. The summed E-state index contributed by atoms with van der Waals surface area (Å²) in [4.78, 5) is 12.2. The summed E-state index contributed by atoms with van der Waals surface area (Å²) < 4.78 is 11.9. The zero-order chi connectivity index (χ0) is 18.4. The highest BCUT2D eigenvalue weighted by Crippen LogP contribution is 2.69. The molecule has 3 aliphatic rings. The molecule has 2 saturated carbocycles. The highest BCUT2D eigenvalue weighted by atomic mass is 16.5. The van der Waals surface area contributed by atoms with Crippen LogP contribution in [0.3, 0.4) is 0 Å². The minimum absolute atomic E-state index is 0.0231. The summed E-state index contributed by atoms with van der Waals surface area (Å²) in [5, 5.41) is 0. The second-order valence-electron chi connectivity index (χ2n) is 9.17. The first-order valence-electron chi connectivity index (χ1n) is 9.88. The van der Waals surface area contributed by atoms with Gasteiger partial charge in [-0.3, -0.25) is 4.79 Å². The van der Waals surface area contributed by atoms with Crippen LogP contribution in [0.2, 0.25) is 0 Å². The largest absolute Gasteiger partial charge is 0.465 e. The summed E-state index contributed by atoms with van der Waals surface area (Å²) in [5.41, 5.74) is 1.49. The van der Waals surface area contributed by atoms with E-state index in [2.05, 4.69) is 50.8 Å². The Morgan fingerprint density at radius 1 is 1.27 bits per heavy atom. The van der Waals surface area contributed by atoms with Crippen LogP contribution in [-0.2, 0) is 20.9 Å². The van der Waals surface area contributed by atoms with E-state index >= 15 is 0 Å². The molecule has 1 aromatic carbocycles. The second kappa shape index (κ2) is 6.53. The van der Waals surface area contributed by atoms with E-state index in [9.17, 15) is 4.79 Å². The van der Waals surface area contributed by atoms with Gasteiger partial charge >= 0.3 is 5.97 Å². The molecule has 1 aromatic rings. The Morgan fingerprint density at radius 3 is 2.77 bits per heavy atom. The average Bonchev–Trinajstić information content (AvgIpc) is 3.00. The van der Waals surface area contributed by atoms with Crippen molar-refractivity contribution in [2.24, 2.45) is 28.6 Å². The van der Waals surface area contributed by atoms with E-state index < -0.39 is 0 Å². The molecule has 1 saturated heterocycles. The lowest BCUT2D eigenvalue weighted by atomic mass is 9.68. The third-order valence-corrected chi connectivity index (χ3v) is 7.31. The Morgan fingerprint density at radius 2 is 2.04 bits per heavy atom. The van der Waals surface area contributed by atoms with Gasteiger partial charge in [-0.05, 0) is 47.5 Å². The maximum absolute atomic E-state index is 12.2. The lowest BCUT2D eigenvalue weighted by Crippen LogP contribution is -2.43. The number of carbonyl (C=O) groups excluding carboxylic acids is 1. The van der Waals surface area contributed by atoms with Crippen molar-refractivity contribution < 1.29 is 14.3 Å². The summed E-state index contributed by atoms with van der Waals surface area (Å²) in [6, 6.07) is 10.3. The number of rotatable bonds is 5. The van der Waals surface area contributed by atoms with E-state index in [-0.39, 0.29) is 22.9 Å². The Hall–Kier alpha value is -1.61. The first kappa shape index (κ1) is 17.8. The van der Waals surface area contributed by atoms with Crippen LogP contribution in [0.15, 0.2) is 43.0 Å². The van der Waals surface area contributed by atoms with Crippen LogP contribution >= 0.6 is 0 Å². The fraction of sp³-hybridized carbons (Fsp3) is 0.609. The number of allylic oxidation sites excluding steroid dienone is 1. The van der Waals surface area contributed by atoms with Gasteiger partial charge in [0.2, 0.25) is 0 Å². The predicted molar refractivity (Wildman–Crippen MR) is 101 cm³/mol. The van der Waals surface area contributed by atoms with Gasteiger partial charge in [0.05, 0.1) is 25.7 Å². The van der Waals surface area contributed by atoms with Crippen LogP contribution < -0.4 is 0 Å². The van der Waals surface area contributed by atoms with Gasteiger partial charge in [-0.2, -0.15) is 0 Å². The standard InChI is InChI=1S/C23H30O3/c1-4-8-17-18-11-20(25-13-16-9-6-5-7-10-16)19-14-26-21(24)12-23(18,19)15-22(17,2)3/h4-7,9-10,17-20H,1,8,11-15H2,2-3H3. The van der Waals surface area contributed by atoms with Gasteiger partial charge in [0.15, 0.2) is 0 Å². The lowest BCUT2D eigenvalue weighted by molar-refractivity contribution is -0.164. The van der Waals surface area contributed by atoms with E-state index in [0.717, 1.165) is 19.3 Å². The SMILES string of the molecule is C=CCC1C2CC(OCc3ccccc3)C3COC(=O)CC32CC1(C)C. The predicted octanol–water partition coefficient (Wildman–Crippen LogP) is 4.76. The molecule has 4 rings (SSSR count). The molecule has 1 heterocycles. The van der Waals surface area contributed by atoms with Gasteiger partial charge < -0.3 is 9.47 Å². The van der Waals surface area contributed by atoms with Crippen LogP contribution in [0.5, 0.6) is 0 Å². The molecule has 0 N–H and O–H groups in total. The molecular formula is C23H30O3. The van der Waals surface area contributed by atoms with Crippen molar-refractivity contribution in [1.29, 1.82) is 0 Å². The molecule has 0 radical (unpaired) electrons. The molecule has 5 unspecified atom stereocenters. The minimum Gasteiger partial charge on any atom is -0.465 e. The average molecular weight is 354 g/mol. The topological polar surface area (TPSA) is 35.5 Å². The van der Waals surface area contributed by atoms with Crippen molar-refractivity contribution in [3.8, 4) is 0 Å².